The van der Waals surface area contributed by atoms with E-state index in [9.17, 15) is 22.4 Å². The van der Waals surface area contributed by atoms with Crippen LogP contribution in [0.1, 0.15) is 41.0 Å². The fourth-order valence-electron chi connectivity index (χ4n) is 3.67. The van der Waals surface area contributed by atoms with Crippen LogP contribution in [0.15, 0.2) is 60.0 Å². The van der Waals surface area contributed by atoms with Crippen LogP contribution in [-0.4, -0.2) is 46.2 Å². The summed E-state index contributed by atoms with van der Waals surface area (Å²) < 4.78 is 39.2. The number of pyridine rings is 2. The van der Waals surface area contributed by atoms with Crippen molar-refractivity contribution in [3.05, 3.63) is 77.6 Å². The first kappa shape index (κ1) is 24.9. The number of amides is 2. The van der Waals surface area contributed by atoms with Crippen molar-refractivity contribution in [3.8, 4) is 5.69 Å². The van der Waals surface area contributed by atoms with Gasteiger partial charge in [-0.25, -0.2) is 22.5 Å². The van der Waals surface area contributed by atoms with Crippen LogP contribution in [0, 0.1) is 5.82 Å². The van der Waals surface area contributed by atoms with Gasteiger partial charge in [-0.15, -0.1) is 0 Å². The zero-order chi connectivity index (χ0) is 26.0. The molecule has 12 heteroatoms. The lowest BCUT2D eigenvalue weighted by atomic mass is 10.1. The lowest BCUT2D eigenvalue weighted by Crippen LogP contribution is -2.27. The Labute approximate surface area is 206 Å². The Kier molecular flexibility index (Phi) is 6.80. The summed E-state index contributed by atoms with van der Waals surface area (Å²) in [5, 5.41) is 7.55. The number of nitrogens with zero attached hydrogens (tertiary/aromatic N) is 4. The summed E-state index contributed by atoms with van der Waals surface area (Å²) in [6, 6.07) is 8.17. The topological polar surface area (TPSA) is 150 Å². The fourth-order valence-corrected chi connectivity index (χ4v) is 4.30. The second kappa shape index (κ2) is 9.82. The zero-order valence-electron chi connectivity index (χ0n) is 19.5. The number of rotatable bonds is 8. The number of benzene rings is 1. The predicted octanol–water partition coefficient (Wildman–Crippen LogP) is 2.27. The molecule has 0 radical (unpaired) electrons. The average Bonchev–Trinajstić information content (AvgIpc) is 3.26. The third-order valence-corrected chi connectivity index (χ3v) is 6.51. The number of halogens is 1. The number of aromatic nitrogens is 4. The summed E-state index contributed by atoms with van der Waals surface area (Å²) in [5.41, 5.74) is 7.51. The van der Waals surface area contributed by atoms with Gasteiger partial charge in [-0.05, 0) is 55.3 Å². The normalized spacial score (nSPS) is 12.4. The highest BCUT2D eigenvalue weighted by Gasteiger charge is 2.20. The van der Waals surface area contributed by atoms with Gasteiger partial charge in [-0.1, -0.05) is 0 Å². The van der Waals surface area contributed by atoms with Gasteiger partial charge in [0.2, 0.25) is 5.91 Å². The molecule has 4 rings (SSSR count). The SMILES string of the molecule is C[C@H](NC(=O)c1cncc2c1cnn2-c1ccc(F)cc1)c1cc(CCC(N)=O)nc(S(C)(=O)=O)c1. The number of carbonyl (C=O) groups excluding carboxylic acids is 2. The Morgan fingerprint density at radius 2 is 1.86 bits per heavy atom. The van der Waals surface area contributed by atoms with E-state index in [0.29, 0.717) is 27.8 Å². The standard InChI is InChI=1S/C24H23FN6O4S/c1-14(15-9-17(5-8-22(26)32)30-23(10-15)36(2,34)35)29-24(33)20-11-27-13-21-19(20)12-28-31(21)18-6-3-16(25)4-7-18/h3-4,6-7,9-14H,5,8H2,1-2H3,(H2,26,32)(H,29,33)/t14-/m0/s1. The summed E-state index contributed by atoms with van der Waals surface area (Å²) in [4.78, 5) is 32.6. The lowest BCUT2D eigenvalue weighted by molar-refractivity contribution is -0.118. The Hall–Kier alpha value is -4.19. The summed E-state index contributed by atoms with van der Waals surface area (Å²) in [7, 11) is -3.64. The minimum absolute atomic E-state index is 0.00606. The van der Waals surface area contributed by atoms with E-state index < -0.39 is 27.7 Å². The van der Waals surface area contributed by atoms with E-state index in [-0.39, 0.29) is 29.2 Å². The molecule has 0 saturated carbocycles. The van der Waals surface area contributed by atoms with Crippen molar-refractivity contribution in [2.45, 2.75) is 30.8 Å². The van der Waals surface area contributed by atoms with Crippen LogP contribution in [0.5, 0.6) is 0 Å². The third-order valence-electron chi connectivity index (χ3n) is 5.55. The van der Waals surface area contributed by atoms with Crippen molar-refractivity contribution in [2.24, 2.45) is 5.73 Å². The number of primary amides is 1. The van der Waals surface area contributed by atoms with E-state index in [1.54, 1.807) is 36.0 Å². The summed E-state index contributed by atoms with van der Waals surface area (Å²) in [6.45, 7) is 1.70. The van der Waals surface area contributed by atoms with Crippen molar-refractivity contribution in [1.29, 1.82) is 0 Å². The van der Waals surface area contributed by atoms with Crippen LogP contribution < -0.4 is 11.1 Å². The Morgan fingerprint density at radius 1 is 1.14 bits per heavy atom. The second-order valence-electron chi connectivity index (χ2n) is 8.32. The Morgan fingerprint density at radius 3 is 2.53 bits per heavy atom. The Balaban J connectivity index is 1.63. The molecule has 4 aromatic rings. The van der Waals surface area contributed by atoms with Gasteiger partial charge < -0.3 is 11.1 Å². The first-order chi connectivity index (χ1) is 17.0. The first-order valence-corrected chi connectivity index (χ1v) is 12.8. The molecule has 36 heavy (non-hydrogen) atoms. The van der Waals surface area contributed by atoms with Gasteiger partial charge in [-0.2, -0.15) is 5.10 Å². The van der Waals surface area contributed by atoms with Crippen molar-refractivity contribution in [1.82, 2.24) is 25.1 Å². The highest BCUT2D eigenvalue weighted by atomic mass is 32.2. The van der Waals surface area contributed by atoms with E-state index in [1.165, 1.54) is 30.6 Å². The number of nitrogens with one attached hydrogen (secondary N) is 1. The molecule has 3 N–H and O–H groups in total. The van der Waals surface area contributed by atoms with Gasteiger partial charge >= 0.3 is 0 Å². The third kappa shape index (κ3) is 5.38. The number of hydrogen-bond acceptors (Lipinski definition) is 7. The number of carbonyl (C=O) groups is 2. The summed E-state index contributed by atoms with van der Waals surface area (Å²) >= 11 is 0. The number of fused-ring (bicyclic) bond motifs is 1. The number of hydrogen-bond donors (Lipinski definition) is 2. The molecule has 0 aliphatic rings. The summed E-state index contributed by atoms with van der Waals surface area (Å²) in [6.07, 6.45) is 5.69. The highest BCUT2D eigenvalue weighted by molar-refractivity contribution is 7.90. The van der Waals surface area contributed by atoms with Crippen LogP contribution in [-0.2, 0) is 21.1 Å². The van der Waals surface area contributed by atoms with E-state index >= 15 is 0 Å². The smallest absolute Gasteiger partial charge is 0.254 e. The molecular weight excluding hydrogens is 487 g/mol. The molecule has 3 heterocycles. The molecule has 1 aromatic carbocycles. The summed E-state index contributed by atoms with van der Waals surface area (Å²) in [5.74, 6) is -1.36. The van der Waals surface area contributed by atoms with Crippen LogP contribution in [0.4, 0.5) is 4.39 Å². The van der Waals surface area contributed by atoms with Gasteiger partial charge in [0.05, 0.1) is 35.2 Å². The van der Waals surface area contributed by atoms with Gasteiger partial charge in [0.1, 0.15) is 5.82 Å². The van der Waals surface area contributed by atoms with Crippen LogP contribution >= 0.6 is 0 Å². The lowest BCUT2D eigenvalue weighted by Gasteiger charge is -2.16. The average molecular weight is 511 g/mol. The number of nitrogens with two attached hydrogens (primary N) is 1. The molecule has 0 fully saturated rings. The fraction of sp³-hybridized carbons (Fsp3) is 0.208. The molecule has 0 aliphatic heterocycles. The largest absolute Gasteiger partial charge is 0.370 e. The maximum Gasteiger partial charge on any atom is 0.254 e. The Bertz CT molecular complexity index is 1570. The molecule has 186 valence electrons. The monoisotopic (exact) mass is 510 g/mol. The number of aryl methyl sites for hydroxylation is 1. The minimum atomic E-state index is -3.64. The maximum absolute atomic E-state index is 13.3. The van der Waals surface area contributed by atoms with E-state index in [0.717, 1.165) is 6.26 Å². The molecule has 0 saturated heterocycles. The van der Waals surface area contributed by atoms with Crippen molar-refractivity contribution >= 4 is 32.6 Å². The van der Waals surface area contributed by atoms with Crippen molar-refractivity contribution in [3.63, 3.8) is 0 Å². The van der Waals surface area contributed by atoms with Gasteiger partial charge in [0.25, 0.3) is 5.91 Å². The van der Waals surface area contributed by atoms with Crippen molar-refractivity contribution < 1.29 is 22.4 Å². The molecular formula is C24H23FN6O4S. The van der Waals surface area contributed by atoms with Gasteiger partial charge in [0.15, 0.2) is 14.9 Å². The van der Waals surface area contributed by atoms with Gasteiger partial charge in [-0.3, -0.25) is 14.6 Å². The minimum Gasteiger partial charge on any atom is -0.370 e. The number of sulfone groups is 1. The van der Waals surface area contributed by atoms with Crippen LogP contribution in [0.2, 0.25) is 0 Å². The molecule has 10 nitrogen and oxygen atoms in total. The molecule has 0 bridgehead atoms. The molecule has 3 aromatic heterocycles. The van der Waals surface area contributed by atoms with Crippen LogP contribution in [0.3, 0.4) is 0 Å². The van der Waals surface area contributed by atoms with E-state index in [1.807, 2.05) is 0 Å². The quantitative estimate of drug-likeness (QED) is 0.369. The second-order valence-corrected chi connectivity index (χ2v) is 10.3. The maximum atomic E-state index is 13.3. The zero-order valence-corrected chi connectivity index (χ0v) is 20.3. The van der Waals surface area contributed by atoms with Crippen molar-refractivity contribution in [2.75, 3.05) is 6.26 Å². The predicted molar refractivity (Wildman–Crippen MR) is 130 cm³/mol. The molecule has 0 aliphatic carbocycles. The van der Waals surface area contributed by atoms with E-state index in [4.69, 9.17) is 5.73 Å². The van der Waals surface area contributed by atoms with E-state index in [2.05, 4.69) is 20.4 Å². The van der Waals surface area contributed by atoms with Gasteiger partial charge in [0, 0.05) is 30.0 Å². The molecule has 1 atom stereocenters. The van der Waals surface area contributed by atoms with Crippen LogP contribution in [0.25, 0.3) is 16.6 Å². The molecule has 0 spiro atoms. The molecule has 2 amide bonds. The molecule has 0 unspecified atom stereocenters. The highest BCUT2D eigenvalue weighted by Crippen LogP contribution is 2.23. The first-order valence-electron chi connectivity index (χ1n) is 10.9.